The highest BCUT2D eigenvalue weighted by Gasteiger charge is 2.33. The first kappa shape index (κ1) is 17.0. The van der Waals surface area contributed by atoms with Crippen LogP contribution in [0.3, 0.4) is 0 Å². The molecule has 0 aliphatic carbocycles. The smallest absolute Gasteiger partial charge is 0.337 e. The number of carbonyl (C=O) groups is 1. The second kappa shape index (κ2) is 6.39. The topological polar surface area (TPSA) is 38.1 Å². The molecule has 1 heterocycles. The Morgan fingerprint density at radius 2 is 1.87 bits per heavy atom. The lowest BCUT2D eigenvalue weighted by atomic mass is 10.1. The van der Waals surface area contributed by atoms with Gasteiger partial charge in [-0.1, -0.05) is 12.1 Å². The van der Waals surface area contributed by atoms with Crippen molar-refractivity contribution in [3.8, 4) is 0 Å². The van der Waals surface area contributed by atoms with Gasteiger partial charge in [-0.05, 0) is 30.7 Å². The van der Waals surface area contributed by atoms with Crippen LogP contribution < -0.4 is 0 Å². The molecule has 1 atom stereocenters. The monoisotopic (exact) mass is 329 g/mol. The molecule has 1 aromatic heterocycles. The Kier molecular flexibility index (Phi) is 4.72. The molecule has 0 unspecified atom stereocenters. The molecule has 2 rings (SSSR count). The molecule has 0 radical (unpaired) electrons. The van der Waals surface area contributed by atoms with Crippen LogP contribution >= 0.6 is 0 Å². The number of halogens is 4. The Hall–Kier alpha value is -2.38. The Balaban J connectivity index is 2.05. The van der Waals surface area contributed by atoms with E-state index in [9.17, 15) is 22.4 Å². The van der Waals surface area contributed by atoms with Gasteiger partial charge in [-0.3, -0.25) is 9.48 Å². The first-order valence-electron chi connectivity index (χ1n) is 6.80. The number of amides is 1. The highest BCUT2D eigenvalue weighted by molar-refractivity contribution is 5.76. The van der Waals surface area contributed by atoms with Gasteiger partial charge < -0.3 is 4.90 Å². The van der Waals surface area contributed by atoms with Crippen LogP contribution in [0, 0.1) is 5.82 Å². The molecule has 0 spiro atoms. The van der Waals surface area contributed by atoms with Gasteiger partial charge in [-0.15, -0.1) is 0 Å². The lowest BCUT2D eigenvalue weighted by molar-refractivity contribution is -0.142. The first-order valence-corrected chi connectivity index (χ1v) is 6.80. The zero-order valence-electron chi connectivity index (χ0n) is 12.5. The van der Waals surface area contributed by atoms with Gasteiger partial charge in [-0.25, -0.2) is 4.39 Å². The molecular weight excluding hydrogens is 314 g/mol. The number of hydrogen-bond donors (Lipinski definition) is 0. The van der Waals surface area contributed by atoms with E-state index in [1.165, 1.54) is 24.1 Å². The molecule has 0 saturated heterocycles. The largest absolute Gasteiger partial charge is 0.435 e. The second-order valence-corrected chi connectivity index (χ2v) is 5.13. The average Bonchev–Trinajstić information content (AvgIpc) is 2.95. The molecule has 4 nitrogen and oxygen atoms in total. The highest BCUT2D eigenvalue weighted by atomic mass is 19.4. The molecule has 8 heteroatoms. The third-order valence-corrected chi connectivity index (χ3v) is 3.56. The molecule has 0 aliphatic heterocycles. The minimum Gasteiger partial charge on any atom is -0.337 e. The maximum atomic E-state index is 12.9. The lowest BCUT2D eigenvalue weighted by Crippen LogP contribution is -2.32. The molecule has 0 saturated carbocycles. The summed E-state index contributed by atoms with van der Waals surface area (Å²) in [6.07, 6.45) is -3.43. The van der Waals surface area contributed by atoms with Crippen molar-refractivity contribution in [1.29, 1.82) is 0 Å². The Bertz CT molecular complexity index is 679. The molecule has 124 valence electrons. The van der Waals surface area contributed by atoms with Gasteiger partial charge in [0.25, 0.3) is 0 Å². The Labute approximate surface area is 130 Å². The van der Waals surface area contributed by atoms with E-state index in [1.807, 2.05) is 0 Å². The molecule has 23 heavy (non-hydrogen) atoms. The van der Waals surface area contributed by atoms with Crippen molar-refractivity contribution in [3.05, 3.63) is 53.6 Å². The van der Waals surface area contributed by atoms with Crippen LogP contribution in [-0.4, -0.2) is 27.6 Å². The normalized spacial score (nSPS) is 13.0. The van der Waals surface area contributed by atoms with Crippen molar-refractivity contribution in [3.63, 3.8) is 0 Å². The zero-order chi connectivity index (χ0) is 17.2. The third-order valence-electron chi connectivity index (χ3n) is 3.56. The number of benzene rings is 1. The van der Waals surface area contributed by atoms with Crippen molar-refractivity contribution in [2.75, 3.05) is 7.05 Å². The summed E-state index contributed by atoms with van der Waals surface area (Å²) in [5.74, 6) is -0.787. The fourth-order valence-electron chi connectivity index (χ4n) is 2.03. The van der Waals surface area contributed by atoms with Gasteiger partial charge in [-0.2, -0.15) is 18.3 Å². The predicted molar refractivity (Wildman–Crippen MR) is 74.8 cm³/mol. The van der Waals surface area contributed by atoms with Crippen LogP contribution in [0.2, 0.25) is 0 Å². The number of hydrogen-bond acceptors (Lipinski definition) is 2. The van der Waals surface area contributed by atoms with E-state index >= 15 is 0 Å². The number of alkyl halides is 3. The molecule has 1 aromatic carbocycles. The standard InChI is InChI=1S/C15H15F4N3O/c1-10(11-3-5-12(16)6-4-11)21(2)14(23)9-22-8-7-13(20-22)15(17,18)19/h3-8,10H,9H2,1-2H3/t10-/m1/s1. The van der Waals surface area contributed by atoms with Crippen LogP contribution in [0.25, 0.3) is 0 Å². The van der Waals surface area contributed by atoms with E-state index in [0.717, 1.165) is 22.5 Å². The minimum absolute atomic E-state index is 0.307. The molecule has 0 bridgehead atoms. The number of likely N-dealkylation sites (N-methyl/N-ethyl adjacent to an activating group) is 1. The van der Waals surface area contributed by atoms with Crippen LogP contribution in [0.1, 0.15) is 24.2 Å². The number of carbonyl (C=O) groups excluding carboxylic acids is 1. The zero-order valence-corrected chi connectivity index (χ0v) is 12.5. The quantitative estimate of drug-likeness (QED) is 0.808. The van der Waals surface area contributed by atoms with E-state index in [1.54, 1.807) is 19.1 Å². The molecule has 2 aromatic rings. The van der Waals surface area contributed by atoms with E-state index < -0.39 is 17.8 Å². The summed E-state index contributed by atoms with van der Waals surface area (Å²) in [6.45, 7) is 1.44. The summed E-state index contributed by atoms with van der Waals surface area (Å²) in [7, 11) is 1.53. The maximum absolute atomic E-state index is 12.9. The van der Waals surface area contributed by atoms with Crippen molar-refractivity contribution in [2.24, 2.45) is 0 Å². The van der Waals surface area contributed by atoms with E-state index in [2.05, 4.69) is 5.10 Å². The van der Waals surface area contributed by atoms with E-state index in [-0.39, 0.29) is 18.4 Å². The van der Waals surface area contributed by atoms with Crippen molar-refractivity contribution < 1.29 is 22.4 Å². The molecular formula is C15H15F4N3O. The van der Waals surface area contributed by atoms with Gasteiger partial charge in [0, 0.05) is 13.2 Å². The maximum Gasteiger partial charge on any atom is 0.435 e. The summed E-state index contributed by atoms with van der Waals surface area (Å²) in [6, 6.07) is 6.15. The third kappa shape index (κ3) is 4.08. The second-order valence-electron chi connectivity index (χ2n) is 5.13. The molecule has 1 amide bonds. The summed E-state index contributed by atoms with van der Waals surface area (Å²) in [5.41, 5.74) is -0.321. The number of aromatic nitrogens is 2. The lowest BCUT2D eigenvalue weighted by Gasteiger charge is -2.25. The van der Waals surface area contributed by atoms with E-state index in [0.29, 0.717) is 0 Å². The fourth-order valence-corrected chi connectivity index (χ4v) is 2.03. The average molecular weight is 329 g/mol. The van der Waals surface area contributed by atoms with Crippen LogP contribution in [-0.2, 0) is 17.5 Å². The summed E-state index contributed by atoms with van der Waals surface area (Å²) in [5, 5.41) is 3.34. The van der Waals surface area contributed by atoms with Gasteiger partial charge in [0.2, 0.25) is 5.91 Å². The Morgan fingerprint density at radius 3 is 2.39 bits per heavy atom. The van der Waals surface area contributed by atoms with Gasteiger partial charge in [0.15, 0.2) is 5.69 Å². The van der Waals surface area contributed by atoms with Crippen molar-refractivity contribution in [2.45, 2.75) is 25.7 Å². The molecule has 0 fully saturated rings. The summed E-state index contributed by atoms with van der Waals surface area (Å²) in [4.78, 5) is 13.5. The summed E-state index contributed by atoms with van der Waals surface area (Å²) >= 11 is 0. The van der Waals surface area contributed by atoms with Crippen LogP contribution in [0.5, 0.6) is 0 Å². The first-order chi connectivity index (χ1) is 10.7. The van der Waals surface area contributed by atoms with Crippen LogP contribution in [0.15, 0.2) is 36.5 Å². The van der Waals surface area contributed by atoms with Gasteiger partial charge in [0.1, 0.15) is 12.4 Å². The highest BCUT2D eigenvalue weighted by Crippen LogP contribution is 2.27. The number of rotatable bonds is 4. The number of nitrogens with zero attached hydrogens (tertiary/aromatic N) is 3. The summed E-state index contributed by atoms with van der Waals surface area (Å²) < 4.78 is 51.3. The fraction of sp³-hybridized carbons (Fsp3) is 0.333. The Morgan fingerprint density at radius 1 is 1.26 bits per heavy atom. The van der Waals surface area contributed by atoms with Crippen molar-refractivity contribution in [1.82, 2.24) is 14.7 Å². The van der Waals surface area contributed by atoms with Gasteiger partial charge in [0.05, 0.1) is 6.04 Å². The predicted octanol–water partition coefficient (Wildman–Crippen LogP) is 3.26. The van der Waals surface area contributed by atoms with E-state index in [4.69, 9.17) is 0 Å². The SMILES string of the molecule is C[C@H](c1ccc(F)cc1)N(C)C(=O)Cn1ccc(C(F)(F)F)n1. The molecule has 0 N–H and O–H groups in total. The minimum atomic E-state index is -4.54. The van der Waals surface area contributed by atoms with Gasteiger partial charge >= 0.3 is 6.18 Å². The van der Waals surface area contributed by atoms with Crippen LogP contribution in [0.4, 0.5) is 17.6 Å². The molecule has 0 aliphatic rings. The van der Waals surface area contributed by atoms with Crippen molar-refractivity contribution >= 4 is 5.91 Å².